The van der Waals surface area contributed by atoms with E-state index in [4.69, 9.17) is 0 Å². The number of hydrogen-bond acceptors (Lipinski definition) is 4. The molecular formula is C25H33N5O3. The molecule has 1 aliphatic carbocycles. The Hall–Kier alpha value is -3.16. The smallest absolute Gasteiger partial charge is 0.273 e. The zero-order chi connectivity index (χ0) is 23.6. The molecule has 8 nitrogen and oxygen atoms in total. The summed E-state index contributed by atoms with van der Waals surface area (Å²) in [5.41, 5.74) is 1.59. The van der Waals surface area contributed by atoms with Crippen LogP contribution in [0.15, 0.2) is 30.3 Å². The molecule has 0 saturated heterocycles. The third kappa shape index (κ3) is 4.65. The summed E-state index contributed by atoms with van der Waals surface area (Å²) >= 11 is 0. The highest BCUT2D eigenvalue weighted by atomic mass is 16.2. The highest BCUT2D eigenvalue weighted by Crippen LogP contribution is 2.29. The summed E-state index contributed by atoms with van der Waals surface area (Å²) in [6, 6.07) is 9.61. The molecule has 1 fully saturated rings. The Labute approximate surface area is 194 Å². The van der Waals surface area contributed by atoms with Gasteiger partial charge in [0.05, 0.1) is 6.54 Å². The lowest BCUT2D eigenvalue weighted by molar-refractivity contribution is -0.133. The minimum atomic E-state index is -1.05. The molecule has 8 heteroatoms. The Kier molecular flexibility index (Phi) is 6.54. The monoisotopic (exact) mass is 451 g/mol. The molecule has 2 aromatic rings. The maximum absolute atomic E-state index is 13.4. The van der Waals surface area contributed by atoms with Gasteiger partial charge < -0.3 is 15.5 Å². The first-order chi connectivity index (χ1) is 15.8. The van der Waals surface area contributed by atoms with E-state index in [2.05, 4.69) is 15.7 Å². The zero-order valence-electron chi connectivity index (χ0n) is 19.7. The molecule has 0 radical (unpaired) electrons. The number of carbonyl (C=O) groups excluding carboxylic acids is 3. The molecule has 0 bridgehead atoms. The van der Waals surface area contributed by atoms with Gasteiger partial charge in [-0.2, -0.15) is 5.10 Å². The van der Waals surface area contributed by atoms with E-state index < -0.39 is 5.54 Å². The molecule has 2 aliphatic rings. The molecule has 4 rings (SSSR count). The van der Waals surface area contributed by atoms with Crippen LogP contribution in [-0.2, 0) is 17.9 Å². The van der Waals surface area contributed by atoms with Crippen LogP contribution in [0.3, 0.4) is 0 Å². The largest absolute Gasteiger partial charge is 0.351 e. The molecule has 1 saturated carbocycles. The normalized spacial score (nSPS) is 20.6. The third-order valence-electron chi connectivity index (χ3n) is 6.69. The van der Waals surface area contributed by atoms with Crippen molar-refractivity contribution in [1.29, 1.82) is 0 Å². The highest BCUT2D eigenvalue weighted by Gasteiger charge is 2.48. The molecule has 2 heterocycles. The number of fused-ring (bicyclic) bond motifs is 1. The van der Waals surface area contributed by atoms with Crippen LogP contribution < -0.4 is 10.6 Å². The summed E-state index contributed by atoms with van der Waals surface area (Å²) in [5.74, 6) is -0.759. The van der Waals surface area contributed by atoms with Gasteiger partial charge in [-0.15, -0.1) is 0 Å². The van der Waals surface area contributed by atoms with Crippen LogP contribution in [0.2, 0.25) is 0 Å². The SMILES string of the molecule is CCCN1C(=O)c2cc(C(=O)NCc3cccc(C)c3)nn2C[C@]1(C)C(=O)NC1CCCC1. The number of aromatic nitrogens is 2. The molecule has 0 spiro atoms. The van der Waals surface area contributed by atoms with Crippen molar-refractivity contribution < 1.29 is 14.4 Å². The van der Waals surface area contributed by atoms with E-state index in [1.165, 1.54) is 10.7 Å². The van der Waals surface area contributed by atoms with Gasteiger partial charge in [0.15, 0.2) is 5.69 Å². The zero-order valence-corrected chi connectivity index (χ0v) is 19.7. The summed E-state index contributed by atoms with van der Waals surface area (Å²) in [6.45, 7) is 6.85. The van der Waals surface area contributed by atoms with Crippen molar-refractivity contribution in [3.8, 4) is 0 Å². The summed E-state index contributed by atoms with van der Waals surface area (Å²) in [6.07, 6.45) is 4.91. The molecule has 1 aromatic heterocycles. The minimum absolute atomic E-state index is 0.150. The Morgan fingerprint density at radius 2 is 1.97 bits per heavy atom. The second-order valence-electron chi connectivity index (χ2n) is 9.43. The highest BCUT2D eigenvalue weighted by molar-refractivity contribution is 6.01. The molecule has 1 aromatic carbocycles. The van der Waals surface area contributed by atoms with Crippen LogP contribution in [0.4, 0.5) is 0 Å². The van der Waals surface area contributed by atoms with Gasteiger partial charge in [0, 0.05) is 25.2 Å². The first-order valence-corrected chi connectivity index (χ1v) is 11.9. The number of nitrogens with one attached hydrogen (secondary N) is 2. The van der Waals surface area contributed by atoms with Crippen LogP contribution in [-0.4, -0.2) is 50.5 Å². The molecule has 3 amide bonds. The quantitative estimate of drug-likeness (QED) is 0.677. The van der Waals surface area contributed by atoms with Crippen molar-refractivity contribution in [2.75, 3.05) is 6.54 Å². The molecule has 1 aliphatic heterocycles. The number of aryl methyl sites for hydroxylation is 1. The summed E-state index contributed by atoms with van der Waals surface area (Å²) in [7, 11) is 0. The van der Waals surface area contributed by atoms with Crippen molar-refractivity contribution in [3.63, 3.8) is 0 Å². The first kappa shape index (κ1) is 23.0. The van der Waals surface area contributed by atoms with Crippen molar-refractivity contribution in [2.45, 2.75) is 77.5 Å². The van der Waals surface area contributed by atoms with E-state index in [9.17, 15) is 14.4 Å². The second kappa shape index (κ2) is 9.37. The van der Waals surface area contributed by atoms with Crippen LogP contribution >= 0.6 is 0 Å². The van der Waals surface area contributed by atoms with Crippen LogP contribution in [0, 0.1) is 6.92 Å². The fraction of sp³-hybridized carbons (Fsp3) is 0.520. The average Bonchev–Trinajstić information content (AvgIpc) is 3.45. The first-order valence-electron chi connectivity index (χ1n) is 11.9. The summed E-state index contributed by atoms with van der Waals surface area (Å²) in [4.78, 5) is 41.1. The summed E-state index contributed by atoms with van der Waals surface area (Å²) in [5, 5.41) is 10.4. The van der Waals surface area contributed by atoms with E-state index in [-0.39, 0.29) is 36.0 Å². The molecular weight excluding hydrogens is 418 g/mol. The molecule has 2 N–H and O–H groups in total. The standard InChI is InChI=1S/C25H33N5O3/c1-4-12-29-23(32)21-14-20(22(31)26-15-18-9-7-8-17(2)13-18)28-30(21)16-25(29,3)24(33)27-19-10-5-6-11-19/h7-9,13-14,19H,4-6,10-12,15-16H2,1-3H3,(H,26,31)(H,27,33)/t25-/m1/s1. The van der Waals surface area contributed by atoms with Gasteiger partial charge >= 0.3 is 0 Å². The number of nitrogens with zero attached hydrogens (tertiary/aromatic N) is 3. The number of hydrogen-bond donors (Lipinski definition) is 2. The van der Waals surface area contributed by atoms with Crippen LogP contribution in [0.1, 0.15) is 78.1 Å². The lowest BCUT2D eigenvalue weighted by Crippen LogP contribution is -2.65. The van der Waals surface area contributed by atoms with Gasteiger partial charge in [0.25, 0.3) is 11.8 Å². The molecule has 0 unspecified atom stereocenters. The van der Waals surface area contributed by atoms with Crippen molar-refractivity contribution in [2.24, 2.45) is 0 Å². The number of rotatable bonds is 7. The average molecular weight is 452 g/mol. The maximum Gasteiger partial charge on any atom is 0.273 e. The Morgan fingerprint density at radius 1 is 1.21 bits per heavy atom. The second-order valence-corrected chi connectivity index (χ2v) is 9.43. The van der Waals surface area contributed by atoms with Crippen LogP contribution in [0.25, 0.3) is 0 Å². The van der Waals surface area contributed by atoms with E-state index >= 15 is 0 Å². The van der Waals surface area contributed by atoms with Crippen molar-refractivity contribution >= 4 is 17.7 Å². The minimum Gasteiger partial charge on any atom is -0.351 e. The number of amides is 3. The number of carbonyl (C=O) groups is 3. The fourth-order valence-electron chi connectivity index (χ4n) is 4.83. The van der Waals surface area contributed by atoms with Gasteiger partial charge in [-0.25, -0.2) is 0 Å². The Bertz CT molecular complexity index is 1060. The fourth-order valence-corrected chi connectivity index (χ4v) is 4.83. The van der Waals surface area contributed by atoms with Crippen molar-refractivity contribution in [3.05, 3.63) is 52.8 Å². The van der Waals surface area contributed by atoms with E-state index in [1.807, 2.05) is 38.1 Å². The lowest BCUT2D eigenvalue weighted by Gasteiger charge is -2.43. The Morgan fingerprint density at radius 3 is 2.67 bits per heavy atom. The Balaban J connectivity index is 1.53. The topological polar surface area (TPSA) is 96.3 Å². The van der Waals surface area contributed by atoms with Gasteiger partial charge in [0.1, 0.15) is 11.2 Å². The van der Waals surface area contributed by atoms with Gasteiger partial charge in [-0.05, 0) is 38.7 Å². The predicted octanol–water partition coefficient (Wildman–Crippen LogP) is 2.80. The van der Waals surface area contributed by atoms with E-state index in [0.29, 0.717) is 18.8 Å². The number of benzene rings is 1. The van der Waals surface area contributed by atoms with Crippen LogP contribution in [0.5, 0.6) is 0 Å². The van der Waals surface area contributed by atoms with Crippen molar-refractivity contribution in [1.82, 2.24) is 25.3 Å². The summed E-state index contributed by atoms with van der Waals surface area (Å²) < 4.78 is 1.52. The third-order valence-corrected chi connectivity index (χ3v) is 6.69. The molecule has 176 valence electrons. The van der Waals surface area contributed by atoms with Gasteiger partial charge in [0.2, 0.25) is 5.91 Å². The molecule has 33 heavy (non-hydrogen) atoms. The van der Waals surface area contributed by atoms with Gasteiger partial charge in [-0.1, -0.05) is 49.6 Å². The van der Waals surface area contributed by atoms with Gasteiger partial charge in [-0.3, -0.25) is 19.1 Å². The van der Waals surface area contributed by atoms with E-state index in [1.54, 1.807) is 11.8 Å². The lowest BCUT2D eigenvalue weighted by atomic mass is 9.94. The predicted molar refractivity (Wildman–Crippen MR) is 125 cm³/mol. The maximum atomic E-state index is 13.4. The van der Waals surface area contributed by atoms with E-state index in [0.717, 1.165) is 43.2 Å². The molecule has 1 atom stereocenters.